The van der Waals surface area contributed by atoms with E-state index in [9.17, 15) is 18.3 Å². The number of alkyl halides is 3. The maximum absolute atomic E-state index is 13.0. The highest BCUT2D eigenvalue weighted by atomic mass is 35.5. The fraction of sp³-hybridized carbons (Fsp3) is 0.286. The van der Waals surface area contributed by atoms with Crippen LogP contribution in [0.3, 0.4) is 0 Å². The fourth-order valence-electron chi connectivity index (χ4n) is 1.82. The summed E-state index contributed by atoms with van der Waals surface area (Å²) in [6.45, 7) is -0.459. The molecule has 3 nitrogen and oxygen atoms in total. The van der Waals surface area contributed by atoms with Crippen molar-refractivity contribution in [3.05, 3.63) is 60.1 Å². The third-order valence-corrected chi connectivity index (χ3v) is 2.95. The summed E-state index contributed by atoms with van der Waals surface area (Å²) in [6, 6.07) is 11.4. The molecule has 2 rings (SSSR count). The first kappa shape index (κ1) is 17.6. The van der Waals surface area contributed by atoms with Gasteiger partial charge in [-0.1, -0.05) is 30.3 Å². The van der Waals surface area contributed by atoms with Gasteiger partial charge in [0.15, 0.2) is 0 Å². The Morgan fingerprint density at radius 2 is 1.71 bits per heavy atom. The van der Waals surface area contributed by atoms with Gasteiger partial charge in [-0.25, -0.2) is 0 Å². The molecular weight excluding hydrogens is 307 g/mol. The quantitative estimate of drug-likeness (QED) is 0.888. The van der Waals surface area contributed by atoms with E-state index >= 15 is 0 Å². The Bertz CT molecular complexity index is 531. The lowest BCUT2D eigenvalue weighted by molar-refractivity contribution is -0.270. The standard InChI is InChI=1S/C14H14F3NO2.ClH/c15-14(16,17)13(19,12-7-4-8-20-12)10-18-9-11-5-2-1-3-6-11;/h1-8,18-19H,9-10H2;1H/t13-;/m1./s1. The van der Waals surface area contributed by atoms with Gasteiger partial charge >= 0.3 is 6.18 Å². The molecule has 0 amide bonds. The predicted molar refractivity (Wildman–Crippen MR) is 74.1 cm³/mol. The van der Waals surface area contributed by atoms with Crippen LogP contribution in [0.25, 0.3) is 0 Å². The lowest BCUT2D eigenvalue weighted by Crippen LogP contribution is -2.49. The molecule has 0 fully saturated rings. The highest BCUT2D eigenvalue weighted by Gasteiger charge is 2.56. The fourth-order valence-corrected chi connectivity index (χ4v) is 1.82. The highest BCUT2D eigenvalue weighted by molar-refractivity contribution is 5.85. The van der Waals surface area contributed by atoms with Crippen LogP contribution in [-0.2, 0) is 12.1 Å². The molecule has 0 aliphatic carbocycles. The van der Waals surface area contributed by atoms with Gasteiger partial charge in [0, 0.05) is 13.1 Å². The maximum atomic E-state index is 13.0. The van der Waals surface area contributed by atoms with Crippen molar-refractivity contribution < 1.29 is 22.7 Å². The molecule has 0 aliphatic heterocycles. The Hall–Kier alpha value is -1.50. The summed E-state index contributed by atoms with van der Waals surface area (Å²) in [5.41, 5.74) is -2.21. The molecular formula is C14H15ClF3NO2. The molecule has 0 aliphatic rings. The summed E-state index contributed by atoms with van der Waals surface area (Å²) in [4.78, 5) is 0. The molecule has 0 unspecified atom stereocenters. The molecule has 1 aromatic heterocycles. The number of hydrogen-bond acceptors (Lipinski definition) is 3. The van der Waals surface area contributed by atoms with E-state index in [1.807, 2.05) is 6.07 Å². The predicted octanol–water partition coefficient (Wildman–Crippen LogP) is 3.24. The molecule has 0 radical (unpaired) electrons. The van der Waals surface area contributed by atoms with Gasteiger partial charge in [0.2, 0.25) is 5.60 Å². The van der Waals surface area contributed by atoms with Crippen LogP contribution in [0.5, 0.6) is 0 Å². The van der Waals surface area contributed by atoms with Crippen molar-refractivity contribution in [2.45, 2.75) is 18.3 Å². The number of hydrogen-bond donors (Lipinski definition) is 2. The van der Waals surface area contributed by atoms with E-state index in [1.54, 1.807) is 24.3 Å². The molecule has 1 atom stereocenters. The summed E-state index contributed by atoms with van der Waals surface area (Å²) in [6.07, 6.45) is -3.72. The SMILES string of the molecule is Cl.O[C@](CNCc1ccccc1)(c1ccco1)C(F)(F)F. The largest absolute Gasteiger partial charge is 0.466 e. The number of halogens is 4. The third-order valence-electron chi connectivity index (χ3n) is 2.95. The molecule has 21 heavy (non-hydrogen) atoms. The van der Waals surface area contributed by atoms with Crippen LogP contribution in [0.4, 0.5) is 13.2 Å². The lowest BCUT2D eigenvalue weighted by Gasteiger charge is -2.28. The van der Waals surface area contributed by atoms with Crippen LogP contribution in [-0.4, -0.2) is 17.8 Å². The van der Waals surface area contributed by atoms with Crippen molar-refractivity contribution in [1.29, 1.82) is 0 Å². The van der Waals surface area contributed by atoms with Crippen molar-refractivity contribution >= 4 is 12.4 Å². The van der Waals surface area contributed by atoms with Gasteiger partial charge in [0.25, 0.3) is 0 Å². The zero-order valence-corrected chi connectivity index (χ0v) is 11.7. The van der Waals surface area contributed by atoms with Gasteiger partial charge in [0.1, 0.15) is 5.76 Å². The minimum atomic E-state index is -4.82. The van der Waals surface area contributed by atoms with Crippen molar-refractivity contribution in [3.63, 3.8) is 0 Å². The molecule has 0 saturated heterocycles. The average Bonchev–Trinajstić information content (AvgIpc) is 2.92. The molecule has 0 saturated carbocycles. The highest BCUT2D eigenvalue weighted by Crippen LogP contribution is 2.38. The first-order chi connectivity index (χ1) is 9.43. The van der Waals surface area contributed by atoms with Gasteiger partial charge in [-0.15, -0.1) is 12.4 Å². The second-order valence-electron chi connectivity index (χ2n) is 4.42. The van der Waals surface area contributed by atoms with Gasteiger partial charge in [-0.2, -0.15) is 13.2 Å². The molecule has 2 aromatic rings. The number of aliphatic hydroxyl groups is 1. The second kappa shape index (κ2) is 6.98. The molecule has 7 heteroatoms. The van der Waals surface area contributed by atoms with E-state index in [0.29, 0.717) is 0 Å². The summed E-state index contributed by atoms with van der Waals surface area (Å²) < 4.78 is 43.8. The minimum absolute atomic E-state index is 0. The lowest BCUT2D eigenvalue weighted by atomic mass is 10.00. The van der Waals surface area contributed by atoms with Crippen molar-refractivity contribution in [2.24, 2.45) is 0 Å². The molecule has 116 valence electrons. The van der Waals surface area contributed by atoms with Crippen LogP contribution in [0.2, 0.25) is 0 Å². The maximum Gasteiger partial charge on any atom is 0.425 e. The molecule has 1 heterocycles. The van der Waals surface area contributed by atoms with Gasteiger partial charge in [-0.3, -0.25) is 0 Å². The zero-order valence-electron chi connectivity index (χ0n) is 10.9. The van der Waals surface area contributed by atoms with E-state index in [-0.39, 0.29) is 19.0 Å². The number of benzene rings is 1. The first-order valence-electron chi connectivity index (χ1n) is 6.01. The van der Waals surface area contributed by atoms with Gasteiger partial charge in [0.05, 0.1) is 6.26 Å². The zero-order chi connectivity index (χ0) is 14.6. The summed E-state index contributed by atoms with van der Waals surface area (Å²) in [5.74, 6) is -0.523. The minimum Gasteiger partial charge on any atom is -0.466 e. The number of rotatable bonds is 5. The van der Waals surface area contributed by atoms with E-state index < -0.39 is 24.1 Å². The average molecular weight is 322 g/mol. The van der Waals surface area contributed by atoms with Gasteiger partial charge in [-0.05, 0) is 17.7 Å². The summed E-state index contributed by atoms with van der Waals surface area (Å²) in [5, 5.41) is 12.5. The smallest absolute Gasteiger partial charge is 0.425 e. The van der Waals surface area contributed by atoms with E-state index in [1.165, 1.54) is 6.07 Å². The van der Waals surface area contributed by atoms with Gasteiger partial charge < -0.3 is 14.8 Å². The van der Waals surface area contributed by atoms with Crippen LogP contribution in [0.1, 0.15) is 11.3 Å². The molecule has 0 spiro atoms. The normalized spacial score (nSPS) is 14.3. The number of nitrogens with one attached hydrogen (secondary N) is 1. The van der Waals surface area contributed by atoms with Crippen molar-refractivity contribution in [1.82, 2.24) is 5.32 Å². The first-order valence-corrected chi connectivity index (χ1v) is 6.01. The monoisotopic (exact) mass is 321 g/mol. The summed E-state index contributed by atoms with van der Waals surface area (Å²) in [7, 11) is 0. The third kappa shape index (κ3) is 4.00. The Morgan fingerprint density at radius 1 is 1.05 bits per heavy atom. The second-order valence-corrected chi connectivity index (χ2v) is 4.42. The van der Waals surface area contributed by atoms with E-state index in [0.717, 1.165) is 17.9 Å². The molecule has 2 N–H and O–H groups in total. The van der Waals surface area contributed by atoms with Crippen molar-refractivity contribution in [2.75, 3.05) is 6.54 Å². The van der Waals surface area contributed by atoms with Crippen LogP contribution < -0.4 is 5.32 Å². The van der Waals surface area contributed by atoms with Crippen LogP contribution in [0, 0.1) is 0 Å². The Morgan fingerprint density at radius 3 is 2.24 bits per heavy atom. The topological polar surface area (TPSA) is 45.4 Å². The van der Waals surface area contributed by atoms with E-state index in [2.05, 4.69) is 5.32 Å². The van der Waals surface area contributed by atoms with Crippen LogP contribution >= 0.6 is 12.4 Å². The number of furan rings is 1. The van der Waals surface area contributed by atoms with Crippen molar-refractivity contribution in [3.8, 4) is 0 Å². The Kier molecular flexibility index (Phi) is 5.83. The molecule has 1 aromatic carbocycles. The molecule has 0 bridgehead atoms. The van der Waals surface area contributed by atoms with Crippen LogP contribution in [0.15, 0.2) is 53.1 Å². The van der Waals surface area contributed by atoms with E-state index in [4.69, 9.17) is 4.42 Å². The Labute approximate surface area is 126 Å². The summed E-state index contributed by atoms with van der Waals surface area (Å²) >= 11 is 0. The Balaban J connectivity index is 0.00000220.